The first-order chi connectivity index (χ1) is 10.5. The first-order valence-electron chi connectivity index (χ1n) is 6.96. The van der Waals surface area contributed by atoms with Gasteiger partial charge in [-0.25, -0.2) is 4.72 Å². The minimum absolute atomic E-state index is 0.361. The number of nitrogens with one attached hydrogen (secondary N) is 1. The Morgan fingerprint density at radius 2 is 1.55 bits per heavy atom. The summed E-state index contributed by atoms with van der Waals surface area (Å²) in [7, 11) is -0.362. The number of nitrogens with zero attached hydrogens (tertiary/aromatic N) is 1. The van der Waals surface area contributed by atoms with Crippen LogP contribution in [0.5, 0.6) is 11.5 Å². The first-order valence-corrected chi connectivity index (χ1v) is 8.40. The number of rotatable bonds is 7. The van der Waals surface area contributed by atoms with Crippen LogP contribution in [0.1, 0.15) is 5.56 Å². The van der Waals surface area contributed by atoms with Crippen molar-refractivity contribution in [1.29, 1.82) is 0 Å². The third-order valence-corrected chi connectivity index (χ3v) is 4.61. The summed E-state index contributed by atoms with van der Waals surface area (Å²) in [6, 6.07) is 17.2. The molecule has 6 heteroatoms. The Kier molecular flexibility index (Phi) is 5.54. The van der Waals surface area contributed by atoms with Crippen molar-refractivity contribution in [3.05, 3.63) is 60.2 Å². The van der Waals surface area contributed by atoms with Gasteiger partial charge in [-0.2, -0.15) is 12.7 Å². The van der Waals surface area contributed by atoms with E-state index in [9.17, 15) is 8.42 Å². The molecule has 2 aromatic carbocycles. The van der Waals surface area contributed by atoms with Crippen LogP contribution in [0.15, 0.2) is 54.6 Å². The fourth-order valence-electron chi connectivity index (χ4n) is 1.80. The lowest BCUT2D eigenvalue weighted by Gasteiger charge is -2.12. The van der Waals surface area contributed by atoms with Gasteiger partial charge < -0.3 is 4.74 Å². The quantitative estimate of drug-likeness (QED) is 0.852. The fraction of sp³-hybridized carbons (Fsp3) is 0.250. The zero-order valence-electron chi connectivity index (χ0n) is 12.7. The van der Waals surface area contributed by atoms with Crippen LogP contribution >= 0.6 is 0 Å². The molecule has 0 aliphatic carbocycles. The Balaban J connectivity index is 1.87. The van der Waals surface area contributed by atoms with Crippen molar-refractivity contribution >= 4 is 10.2 Å². The van der Waals surface area contributed by atoms with Crippen molar-refractivity contribution in [3.63, 3.8) is 0 Å². The zero-order chi connectivity index (χ0) is 16.0. The monoisotopic (exact) mass is 320 g/mol. The molecule has 0 aliphatic heterocycles. The highest BCUT2D eigenvalue weighted by Gasteiger charge is 2.11. The van der Waals surface area contributed by atoms with E-state index in [2.05, 4.69) is 4.72 Å². The molecule has 0 atom stereocenters. The topological polar surface area (TPSA) is 58.6 Å². The molecule has 22 heavy (non-hydrogen) atoms. The minimum Gasteiger partial charge on any atom is -0.457 e. The van der Waals surface area contributed by atoms with Crippen molar-refractivity contribution in [2.75, 3.05) is 20.6 Å². The summed E-state index contributed by atoms with van der Waals surface area (Å²) in [5.74, 6) is 1.54. The molecule has 2 rings (SSSR count). The molecular weight excluding hydrogens is 300 g/mol. The van der Waals surface area contributed by atoms with E-state index in [-0.39, 0.29) is 0 Å². The SMILES string of the molecule is CN(C)S(=O)(=O)NCCc1ccc(Oc2ccccc2)cc1. The summed E-state index contributed by atoms with van der Waals surface area (Å²) in [6.45, 7) is 0.361. The number of para-hydroxylation sites is 1. The highest BCUT2D eigenvalue weighted by atomic mass is 32.2. The summed E-state index contributed by atoms with van der Waals surface area (Å²) in [5, 5.41) is 0. The summed E-state index contributed by atoms with van der Waals surface area (Å²) in [4.78, 5) is 0. The predicted molar refractivity (Wildman–Crippen MR) is 87.3 cm³/mol. The molecule has 0 unspecified atom stereocenters. The highest BCUT2D eigenvalue weighted by molar-refractivity contribution is 7.87. The maximum Gasteiger partial charge on any atom is 0.278 e. The third-order valence-electron chi connectivity index (χ3n) is 3.08. The first kappa shape index (κ1) is 16.5. The Bertz CT molecular complexity index is 683. The lowest BCUT2D eigenvalue weighted by Crippen LogP contribution is -2.36. The second-order valence-corrected chi connectivity index (χ2v) is 6.96. The van der Waals surface area contributed by atoms with Crippen LogP contribution in [0.3, 0.4) is 0 Å². The molecule has 0 saturated heterocycles. The Morgan fingerprint density at radius 3 is 2.14 bits per heavy atom. The van der Waals surface area contributed by atoms with Gasteiger partial charge in [0.05, 0.1) is 0 Å². The third kappa shape index (κ3) is 4.84. The molecular formula is C16H20N2O3S. The van der Waals surface area contributed by atoms with Crippen LogP contribution in [0.4, 0.5) is 0 Å². The highest BCUT2D eigenvalue weighted by Crippen LogP contribution is 2.21. The van der Waals surface area contributed by atoms with Crippen molar-refractivity contribution in [1.82, 2.24) is 9.03 Å². The van der Waals surface area contributed by atoms with Gasteiger partial charge in [0.2, 0.25) is 0 Å². The number of benzene rings is 2. The Labute approximate surface area is 131 Å². The van der Waals surface area contributed by atoms with E-state index >= 15 is 0 Å². The van der Waals surface area contributed by atoms with Crippen molar-refractivity contribution < 1.29 is 13.2 Å². The van der Waals surface area contributed by atoms with Crippen LogP contribution in [0.2, 0.25) is 0 Å². The molecule has 0 radical (unpaired) electrons. The van der Waals surface area contributed by atoms with Crippen LogP contribution in [-0.2, 0) is 16.6 Å². The Morgan fingerprint density at radius 1 is 0.955 bits per heavy atom. The molecule has 0 spiro atoms. The molecule has 1 N–H and O–H groups in total. The van der Waals surface area contributed by atoms with E-state index in [0.717, 1.165) is 21.4 Å². The molecule has 0 aromatic heterocycles. The van der Waals surface area contributed by atoms with Crippen molar-refractivity contribution in [3.8, 4) is 11.5 Å². The molecule has 0 amide bonds. The molecule has 5 nitrogen and oxygen atoms in total. The van der Waals surface area contributed by atoms with Crippen LogP contribution in [0, 0.1) is 0 Å². The lowest BCUT2D eigenvalue weighted by atomic mass is 10.1. The van der Waals surface area contributed by atoms with E-state index in [4.69, 9.17) is 4.74 Å². The molecule has 0 heterocycles. The minimum atomic E-state index is -3.36. The predicted octanol–water partition coefficient (Wildman–Crippen LogP) is 2.42. The zero-order valence-corrected chi connectivity index (χ0v) is 13.5. The summed E-state index contributed by atoms with van der Waals surface area (Å²) in [6.07, 6.45) is 0.624. The smallest absolute Gasteiger partial charge is 0.278 e. The molecule has 2 aromatic rings. The lowest BCUT2D eigenvalue weighted by molar-refractivity contribution is 0.482. The van der Waals surface area contributed by atoms with E-state index in [1.807, 2.05) is 54.6 Å². The molecule has 0 bridgehead atoms. The molecule has 118 valence electrons. The van der Waals surface area contributed by atoms with Gasteiger partial charge >= 0.3 is 0 Å². The standard InChI is InChI=1S/C16H20N2O3S/c1-18(2)22(19,20)17-13-12-14-8-10-16(11-9-14)21-15-6-4-3-5-7-15/h3-11,17H,12-13H2,1-2H3. The second-order valence-electron chi connectivity index (χ2n) is 4.99. The van der Waals surface area contributed by atoms with Gasteiger partial charge in [0.25, 0.3) is 10.2 Å². The van der Waals surface area contributed by atoms with Gasteiger partial charge in [-0.05, 0) is 36.2 Å². The van der Waals surface area contributed by atoms with E-state index < -0.39 is 10.2 Å². The van der Waals surface area contributed by atoms with E-state index in [0.29, 0.717) is 13.0 Å². The molecule has 0 aliphatic rings. The van der Waals surface area contributed by atoms with Gasteiger partial charge in [0.1, 0.15) is 11.5 Å². The summed E-state index contributed by atoms with van der Waals surface area (Å²) in [5.41, 5.74) is 1.04. The molecule has 0 saturated carbocycles. The van der Waals surface area contributed by atoms with E-state index in [1.165, 1.54) is 14.1 Å². The van der Waals surface area contributed by atoms with Gasteiger partial charge in [-0.15, -0.1) is 0 Å². The average molecular weight is 320 g/mol. The average Bonchev–Trinajstić information content (AvgIpc) is 2.50. The summed E-state index contributed by atoms with van der Waals surface area (Å²) < 4.78 is 32.5. The number of hydrogen-bond acceptors (Lipinski definition) is 3. The van der Waals surface area contributed by atoms with Crippen LogP contribution in [0.25, 0.3) is 0 Å². The second kappa shape index (κ2) is 7.40. The van der Waals surface area contributed by atoms with Gasteiger partial charge in [-0.3, -0.25) is 0 Å². The number of hydrogen-bond donors (Lipinski definition) is 1. The van der Waals surface area contributed by atoms with Crippen LogP contribution in [-0.4, -0.2) is 33.4 Å². The maximum absolute atomic E-state index is 11.6. The van der Waals surface area contributed by atoms with Gasteiger partial charge in [0.15, 0.2) is 0 Å². The Hall–Kier alpha value is -1.89. The van der Waals surface area contributed by atoms with Crippen molar-refractivity contribution in [2.45, 2.75) is 6.42 Å². The van der Waals surface area contributed by atoms with Gasteiger partial charge in [-0.1, -0.05) is 30.3 Å². The van der Waals surface area contributed by atoms with Crippen molar-refractivity contribution in [2.24, 2.45) is 0 Å². The summed E-state index contributed by atoms with van der Waals surface area (Å²) >= 11 is 0. The maximum atomic E-state index is 11.6. The molecule has 0 fully saturated rings. The normalized spacial score (nSPS) is 11.6. The van der Waals surface area contributed by atoms with E-state index in [1.54, 1.807) is 0 Å². The van der Waals surface area contributed by atoms with Gasteiger partial charge in [0, 0.05) is 20.6 Å². The van der Waals surface area contributed by atoms with Crippen LogP contribution < -0.4 is 9.46 Å². The fourth-order valence-corrected chi connectivity index (χ4v) is 2.42. The number of ether oxygens (including phenoxy) is 1. The largest absolute Gasteiger partial charge is 0.457 e.